The van der Waals surface area contributed by atoms with Gasteiger partial charge in [0.15, 0.2) is 0 Å². The molecule has 4 rings (SSSR count). The summed E-state index contributed by atoms with van der Waals surface area (Å²) in [6.07, 6.45) is 0.550. The first-order chi connectivity index (χ1) is 14.1. The number of hydrogen-bond donors (Lipinski definition) is 1. The molecule has 6 heteroatoms. The van der Waals surface area contributed by atoms with E-state index in [9.17, 15) is 4.79 Å². The molecule has 1 fully saturated rings. The highest BCUT2D eigenvalue weighted by Crippen LogP contribution is 2.21. The van der Waals surface area contributed by atoms with E-state index in [0.29, 0.717) is 18.8 Å². The number of aromatic nitrogens is 2. The molecule has 1 atom stereocenters. The van der Waals surface area contributed by atoms with Gasteiger partial charge in [0, 0.05) is 38.0 Å². The lowest BCUT2D eigenvalue weighted by atomic mass is 9.97. The molecule has 0 aliphatic carbocycles. The van der Waals surface area contributed by atoms with E-state index in [2.05, 4.69) is 33.9 Å². The van der Waals surface area contributed by atoms with Crippen LogP contribution < -0.4 is 5.73 Å². The second-order valence-electron chi connectivity index (χ2n) is 7.72. The Morgan fingerprint density at radius 2 is 1.69 bits per heavy atom. The maximum absolute atomic E-state index is 12.7. The van der Waals surface area contributed by atoms with Crippen molar-refractivity contribution in [3.63, 3.8) is 0 Å². The molecule has 3 aromatic rings. The third kappa shape index (κ3) is 4.54. The van der Waals surface area contributed by atoms with Crippen molar-refractivity contribution in [1.29, 1.82) is 0 Å². The van der Waals surface area contributed by atoms with Crippen molar-refractivity contribution in [3.05, 3.63) is 66.0 Å². The Morgan fingerprint density at radius 3 is 2.45 bits per heavy atom. The number of para-hydroxylation sites is 1. The molecule has 0 saturated carbocycles. The zero-order chi connectivity index (χ0) is 20.2. The first-order valence-electron chi connectivity index (χ1n) is 10.2. The maximum Gasteiger partial charge on any atom is 0.223 e. The van der Waals surface area contributed by atoms with Crippen LogP contribution in [0.4, 0.5) is 5.82 Å². The van der Waals surface area contributed by atoms with Crippen molar-refractivity contribution in [2.24, 2.45) is 0 Å². The largest absolute Gasteiger partial charge is 0.383 e. The molecule has 1 aliphatic heterocycles. The summed E-state index contributed by atoms with van der Waals surface area (Å²) in [6.45, 7) is 5.89. The Bertz CT molecular complexity index is 983. The van der Waals surface area contributed by atoms with Crippen LogP contribution in [-0.2, 0) is 11.3 Å². The summed E-state index contributed by atoms with van der Waals surface area (Å²) in [6, 6.07) is 18.0. The van der Waals surface area contributed by atoms with Gasteiger partial charge in [0.2, 0.25) is 5.91 Å². The Kier molecular flexibility index (Phi) is 5.71. The fraction of sp³-hybridized carbons (Fsp3) is 0.348. The van der Waals surface area contributed by atoms with Crippen LogP contribution in [0.25, 0.3) is 10.9 Å². The summed E-state index contributed by atoms with van der Waals surface area (Å²) in [5, 5.41) is 0.888. The zero-order valence-electron chi connectivity index (χ0n) is 16.8. The second kappa shape index (κ2) is 8.57. The molecule has 6 nitrogen and oxygen atoms in total. The van der Waals surface area contributed by atoms with Crippen LogP contribution in [0.15, 0.2) is 54.6 Å². The molecular weight excluding hydrogens is 362 g/mol. The molecule has 0 radical (unpaired) electrons. The van der Waals surface area contributed by atoms with Crippen LogP contribution in [0.1, 0.15) is 30.7 Å². The van der Waals surface area contributed by atoms with Crippen molar-refractivity contribution in [3.8, 4) is 0 Å². The number of benzene rings is 2. The Balaban J connectivity index is 1.32. The number of carbonyl (C=O) groups excluding carboxylic acids is 1. The minimum atomic E-state index is 0.229. The molecule has 1 saturated heterocycles. The molecule has 1 amide bonds. The highest BCUT2D eigenvalue weighted by molar-refractivity contribution is 5.87. The molecule has 2 heterocycles. The van der Waals surface area contributed by atoms with Crippen molar-refractivity contribution < 1.29 is 4.79 Å². The van der Waals surface area contributed by atoms with E-state index >= 15 is 0 Å². The maximum atomic E-state index is 12.7. The van der Waals surface area contributed by atoms with E-state index < -0.39 is 0 Å². The van der Waals surface area contributed by atoms with Crippen LogP contribution in [0.2, 0.25) is 0 Å². The minimum Gasteiger partial charge on any atom is -0.383 e. The molecule has 2 aromatic carbocycles. The van der Waals surface area contributed by atoms with Crippen LogP contribution in [0.5, 0.6) is 0 Å². The summed E-state index contributed by atoms with van der Waals surface area (Å²) in [5.74, 6) is 1.72. The molecule has 29 heavy (non-hydrogen) atoms. The second-order valence-corrected chi connectivity index (χ2v) is 7.72. The molecule has 0 spiro atoms. The van der Waals surface area contributed by atoms with Crippen molar-refractivity contribution in [2.45, 2.75) is 25.8 Å². The highest BCUT2D eigenvalue weighted by atomic mass is 16.2. The smallest absolute Gasteiger partial charge is 0.223 e. The molecule has 1 unspecified atom stereocenters. The topological polar surface area (TPSA) is 75.4 Å². The molecule has 0 bridgehead atoms. The van der Waals surface area contributed by atoms with Gasteiger partial charge in [0.25, 0.3) is 0 Å². The molecule has 1 aliphatic rings. The number of nitrogen functional groups attached to an aromatic ring is 1. The number of piperazine rings is 1. The van der Waals surface area contributed by atoms with E-state index in [1.807, 2.05) is 47.4 Å². The third-order valence-corrected chi connectivity index (χ3v) is 5.62. The predicted octanol–water partition coefficient (Wildman–Crippen LogP) is 3.05. The van der Waals surface area contributed by atoms with Gasteiger partial charge >= 0.3 is 0 Å². The van der Waals surface area contributed by atoms with Crippen molar-refractivity contribution in [1.82, 2.24) is 19.8 Å². The van der Waals surface area contributed by atoms with Gasteiger partial charge < -0.3 is 10.6 Å². The lowest BCUT2D eigenvalue weighted by Crippen LogP contribution is -2.48. The number of nitrogens with zero attached hydrogens (tertiary/aromatic N) is 4. The Hall–Kier alpha value is -2.99. The number of amides is 1. The number of hydrogen-bond acceptors (Lipinski definition) is 5. The summed E-state index contributed by atoms with van der Waals surface area (Å²) < 4.78 is 0. The van der Waals surface area contributed by atoms with Crippen LogP contribution in [-0.4, -0.2) is 51.9 Å². The number of carbonyl (C=O) groups is 1. The van der Waals surface area contributed by atoms with E-state index in [1.54, 1.807) is 0 Å². The fourth-order valence-corrected chi connectivity index (χ4v) is 3.87. The number of fused-ring (bicyclic) bond motifs is 1. The number of nitrogens with two attached hydrogens (primary N) is 1. The summed E-state index contributed by atoms with van der Waals surface area (Å²) in [7, 11) is 0. The quantitative estimate of drug-likeness (QED) is 0.726. The normalized spacial score (nSPS) is 16.1. The Morgan fingerprint density at radius 1 is 1.00 bits per heavy atom. The minimum absolute atomic E-state index is 0.229. The van der Waals surface area contributed by atoms with Gasteiger partial charge in [-0.25, -0.2) is 9.97 Å². The van der Waals surface area contributed by atoms with E-state index in [4.69, 9.17) is 5.73 Å². The predicted molar refractivity (Wildman–Crippen MR) is 115 cm³/mol. The van der Waals surface area contributed by atoms with Crippen LogP contribution in [0, 0.1) is 0 Å². The summed E-state index contributed by atoms with van der Waals surface area (Å²) in [5.41, 5.74) is 8.18. The number of anilines is 1. The van der Waals surface area contributed by atoms with Gasteiger partial charge in [-0.05, 0) is 23.6 Å². The summed E-state index contributed by atoms with van der Waals surface area (Å²) in [4.78, 5) is 26.1. The van der Waals surface area contributed by atoms with Gasteiger partial charge in [0.05, 0.1) is 12.1 Å². The van der Waals surface area contributed by atoms with Gasteiger partial charge in [-0.3, -0.25) is 9.69 Å². The monoisotopic (exact) mass is 389 g/mol. The van der Waals surface area contributed by atoms with Gasteiger partial charge in [-0.15, -0.1) is 0 Å². The standard InChI is InChI=1S/C23H27N5O/c1-17(18-7-3-2-4-8-18)15-22(29)28-13-11-27(12-14-28)16-21-25-20-10-6-5-9-19(20)23(24)26-21/h2-10,17H,11-16H2,1H3,(H2,24,25,26). The van der Waals surface area contributed by atoms with Crippen LogP contribution >= 0.6 is 0 Å². The summed E-state index contributed by atoms with van der Waals surface area (Å²) >= 11 is 0. The highest BCUT2D eigenvalue weighted by Gasteiger charge is 2.23. The first-order valence-corrected chi connectivity index (χ1v) is 10.2. The lowest BCUT2D eigenvalue weighted by Gasteiger charge is -2.35. The zero-order valence-corrected chi connectivity index (χ0v) is 16.8. The average molecular weight is 390 g/mol. The number of rotatable bonds is 5. The third-order valence-electron chi connectivity index (χ3n) is 5.62. The molecule has 1 aromatic heterocycles. The SMILES string of the molecule is CC(CC(=O)N1CCN(Cc2nc(N)c3ccccc3n2)CC1)c1ccccc1. The van der Waals surface area contributed by atoms with Gasteiger partial charge in [0.1, 0.15) is 11.6 Å². The molecular formula is C23H27N5O. The van der Waals surface area contributed by atoms with Gasteiger partial charge in [-0.2, -0.15) is 0 Å². The lowest BCUT2D eigenvalue weighted by molar-refractivity contribution is -0.133. The van der Waals surface area contributed by atoms with E-state index in [0.717, 1.165) is 42.9 Å². The van der Waals surface area contributed by atoms with Crippen LogP contribution in [0.3, 0.4) is 0 Å². The molecule has 150 valence electrons. The van der Waals surface area contributed by atoms with E-state index in [1.165, 1.54) is 5.56 Å². The Labute approximate surface area is 171 Å². The fourth-order valence-electron chi connectivity index (χ4n) is 3.87. The van der Waals surface area contributed by atoms with Crippen molar-refractivity contribution in [2.75, 3.05) is 31.9 Å². The van der Waals surface area contributed by atoms with Crippen molar-refractivity contribution >= 4 is 22.6 Å². The first kappa shape index (κ1) is 19.3. The molecule has 2 N–H and O–H groups in total. The average Bonchev–Trinajstić information content (AvgIpc) is 2.75. The van der Waals surface area contributed by atoms with E-state index in [-0.39, 0.29) is 11.8 Å². The van der Waals surface area contributed by atoms with Gasteiger partial charge in [-0.1, -0.05) is 49.4 Å².